The molecular formula is C15H22N4O4S2. The number of likely N-dealkylation sites (N-methyl/N-ethyl adjacent to an activating group) is 1. The van der Waals surface area contributed by atoms with Crippen molar-refractivity contribution in [2.45, 2.75) is 30.7 Å². The lowest BCUT2D eigenvalue weighted by Gasteiger charge is -2.24. The molecule has 10 heteroatoms. The zero-order chi connectivity index (χ0) is 18.8. The van der Waals surface area contributed by atoms with E-state index in [1.54, 1.807) is 14.1 Å². The van der Waals surface area contributed by atoms with E-state index in [0.717, 1.165) is 4.34 Å². The summed E-state index contributed by atoms with van der Waals surface area (Å²) in [5.41, 5.74) is -0.462. The Morgan fingerprint density at radius 1 is 1.36 bits per heavy atom. The van der Waals surface area contributed by atoms with Crippen LogP contribution in [-0.2, 0) is 11.8 Å². The molecule has 0 N–H and O–H groups in total. The number of amides is 1. The van der Waals surface area contributed by atoms with Crippen LogP contribution < -0.4 is 10.3 Å². The van der Waals surface area contributed by atoms with Crippen molar-refractivity contribution in [1.82, 2.24) is 19.4 Å². The summed E-state index contributed by atoms with van der Waals surface area (Å²) in [5, 5.41) is 0. The molecular weight excluding hydrogens is 364 g/mol. The SMILES string of the molecule is CSc1nc2c(=O)n(C)c(OCCN(C)C(=O)OC(C)(C)C)nc2s1. The first kappa shape index (κ1) is 19.5. The number of rotatable bonds is 5. The summed E-state index contributed by atoms with van der Waals surface area (Å²) in [6, 6.07) is 0.200. The van der Waals surface area contributed by atoms with E-state index in [1.807, 2.05) is 27.0 Å². The number of thioether (sulfide) groups is 1. The third-order valence-electron chi connectivity index (χ3n) is 3.12. The van der Waals surface area contributed by atoms with Crippen LogP contribution in [0.25, 0.3) is 10.3 Å². The Hall–Kier alpha value is -1.81. The lowest BCUT2D eigenvalue weighted by atomic mass is 10.2. The molecule has 0 saturated heterocycles. The number of carbonyl (C=O) groups excluding carboxylic acids is 1. The van der Waals surface area contributed by atoms with Crippen LogP contribution >= 0.6 is 23.1 Å². The summed E-state index contributed by atoms with van der Waals surface area (Å²) in [4.78, 5) is 34.8. The molecule has 138 valence electrons. The van der Waals surface area contributed by atoms with E-state index in [2.05, 4.69) is 9.97 Å². The molecule has 0 aromatic carbocycles. The average molecular weight is 386 g/mol. The molecule has 0 spiro atoms. The summed E-state index contributed by atoms with van der Waals surface area (Å²) in [7, 11) is 3.21. The Bertz CT molecular complexity index is 825. The molecule has 0 aliphatic heterocycles. The van der Waals surface area contributed by atoms with Crippen LogP contribution in [0.2, 0.25) is 0 Å². The molecule has 2 aromatic heterocycles. The highest BCUT2D eigenvalue weighted by Crippen LogP contribution is 2.25. The zero-order valence-electron chi connectivity index (χ0n) is 15.2. The quantitative estimate of drug-likeness (QED) is 0.729. The van der Waals surface area contributed by atoms with Crippen molar-refractivity contribution < 1.29 is 14.3 Å². The fourth-order valence-electron chi connectivity index (χ4n) is 1.84. The molecule has 0 aliphatic carbocycles. The molecule has 2 heterocycles. The van der Waals surface area contributed by atoms with Crippen molar-refractivity contribution >= 4 is 39.5 Å². The van der Waals surface area contributed by atoms with Gasteiger partial charge in [-0.25, -0.2) is 9.78 Å². The van der Waals surface area contributed by atoms with Gasteiger partial charge in [0.2, 0.25) is 0 Å². The van der Waals surface area contributed by atoms with Gasteiger partial charge in [0.05, 0.1) is 6.54 Å². The molecule has 0 fully saturated rings. The van der Waals surface area contributed by atoms with E-state index in [0.29, 0.717) is 16.9 Å². The van der Waals surface area contributed by atoms with Crippen LogP contribution in [0.5, 0.6) is 6.01 Å². The van der Waals surface area contributed by atoms with Gasteiger partial charge in [0, 0.05) is 14.1 Å². The maximum absolute atomic E-state index is 12.3. The van der Waals surface area contributed by atoms with E-state index < -0.39 is 11.7 Å². The summed E-state index contributed by atoms with van der Waals surface area (Å²) in [6.45, 7) is 5.92. The molecule has 8 nitrogen and oxygen atoms in total. The summed E-state index contributed by atoms with van der Waals surface area (Å²) >= 11 is 2.81. The molecule has 2 aromatic rings. The molecule has 2 rings (SSSR count). The zero-order valence-corrected chi connectivity index (χ0v) is 16.8. The van der Waals surface area contributed by atoms with Crippen molar-refractivity contribution in [2.75, 3.05) is 26.5 Å². The van der Waals surface area contributed by atoms with E-state index in [-0.39, 0.29) is 18.2 Å². The maximum Gasteiger partial charge on any atom is 0.410 e. The summed E-state index contributed by atoms with van der Waals surface area (Å²) in [6.07, 6.45) is 1.46. The van der Waals surface area contributed by atoms with Crippen molar-refractivity contribution in [1.29, 1.82) is 0 Å². The molecule has 1 amide bonds. The van der Waals surface area contributed by atoms with Crippen molar-refractivity contribution in [3.63, 3.8) is 0 Å². The summed E-state index contributed by atoms with van der Waals surface area (Å²) < 4.78 is 13.0. The topological polar surface area (TPSA) is 86.6 Å². The van der Waals surface area contributed by atoms with Crippen LogP contribution in [0.1, 0.15) is 20.8 Å². The monoisotopic (exact) mass is 386 g/mol. The fraction of sp³-hybridized carbons (Fsp3) is 0.600. The Kier molecular flexibility index (Phi) is 5.94. The standard InChI is InChI=1S/C15H22N4O4S2/c1-15(2,3)23-14(21)18(4)7-8-22-12-17-10-9(11(20)19(12)5)16-13(24-6)25-10/h7-8H2,1-6H3. The number of aromatic nitrogens is 3. The molecule has 0 saturated carbocycles. The highest BCUT2D eigenvalue weighted by Gasteiger charge is 2.20. The van der Waals surface area contributed by atoms with Gasteiger partial charge in [-0.3, -0.25) is 9.36 Å². The van der Waals surface area contributed by atoms with Gasteiger partial charge in [0.25, 0.3) is 11.6 Å². The molecule has 0 radical (unpaired) electrons. The average Bonchev–Trinajstić information content (AvgIpc) is 2.93. The highest BCUT2D eigenvalue weighted by molar-refractivity contribution is 8.00. The number of fused-ring (bicyclic) bond motifs is 1. The van der Waals surface area contributed by atoms with E-state index in [1.165, 1.54) is 32.6 Å². The number of carbonyl (C=O) groups is 1. The normalized spacial score (nSPS) is 11.6. The van der Waals surface area contributed by atoms with Gasteiger partial charge < -0.3 is 14.4 Å². The first-order valence-corrected chi connectivity index (χ1v) is 9.65. The van der Waals surface area contributed by atoms with Gasteiger partial charge in [-0.15, -0.1) is 0 Å². The summed E-state index contributed by atoms with van der Waals surface area (Å²) in [5.74, 6) is 0. The van der Waals surface area contributed by atoms with Crippen LogP contribution in [0.15, 0.2) is 9.13 Å². The Morgan fingerprint density at radius 2 is 2.04 bits per heavy atom. The lowest BCUT2D eigenvalue weighted by molar-refractivity contribution is 0.0275. The number of nitrogens with zero attached hydrogens (tertiary/aromatic N) is 4. The minimum absolute atomic E-state index is 0.190. The third kappa shape index (κ3) is 4.85. The lowest BCUT2D eigenvalue weighted by Crippen LogP contribution is -2.36. The van der Waals surface area contributed by atoms with E-state index in [9.17, 15) is 9.59 Å². The highest BCUT2D eigenvalue weighted by atomic mass is 32.2. The van der Waals surface area contributed by atoms with Crippen LogP contribution in [-0.4, -0.2) is 57.6 Å². The Morgan fingerprint density at radius 3 is 2.64 bits per heavy atom. The van der Waals surface area contributed by atoms with Crippen LogP contribution in [0.4, 0.5) is 4.79 Å². The van der Waals surface area contributed by atoms with Gasteiger partial charge in [-0.2, -0.15) is 4.98 Å². The Labute approximate surface area is 154 Å². The molecule has 0 unspecified atom stereocenters. The number of ether oxygens (including phenoxy) is 2. The van der Waals surface area contributed by atoms with Gasteiger partial charge >= 0.3 is 6.09 Å². The van der Waals surface area contributed by atoms with E-state index in [4.69, 9.17) is 9.47 Å². The van der Waals surface area contributed by atoms with Gasteiger partial charge in [0.15, 0.2) is 14.7 Å². The number of hydrogen-bond donors (Lipinski definition) is 0. The third-order valence-corrected chi connectivity index (χ3v) is 5.05. The number of hydrogen-bond acceptors (Lipinski definition) is 8. The van der Waals surface area contributed by atoms with Gasteiger partial charge in [-0.1, -0.05) is 23.1 Å². The van der Waals surface area contributed by atoms with Gasteiger partial charge in [0.1, 0.15) is 12.2 Å². The first-order valence-electron chi connectivity index (χ1n) is 7.61. The maximum atomic E-state index is 12.3. The smallest absolute Gasteiger partial charge is 0.410 e. The van der Waals surface area contributed by atoms with Crippen molar-refractivity contribution in [3.8, 4) is 6.01 Å². The minimum atomic E-state index is -0.552. The van der Waals surface area contributed by atoms with E-state index >= 15 is 0 Å². The largest absolute Gasteiger partial charge is 0.463 e. The molecule has 0 atom stereocenters. The second-order valence-corrected chi connectivity index (χ2v) is 8.38. The fourth-order valence-corrected chi connectivity index (χ4v) is 3.25. The molecule has 25 heavy (non-hydrogen) atoms. The van der Waals surface area contributed by atoms with Crippen molar-refractivity contribution in [2.24, 2.45) is 7.05 Å². The Balaban J connectivity index is 2.05. The second-order valence-electron chi connectivity index (χ2n) is 6.35. The number of thiazole rings is 1. The van der Waals surface area contributed by atoms with Gasteiger partial charge in [-0.05, 0) is 27.0 Å². The molecule has 0 bridgehead atoms. The molecule has 0 aliphatic rings. The second kappa shape index (κ2) is 7.61. The van der Waals surface area contributed by atoms with Crippen molar-refractivity contribution in [3.05, 3.63) is 10.4 Å². The first-order chi connectivity index (χ1) is 11.6. The van der Waals surface area contributed by atoms with Crippen LogP contribution in [0.3, 0.4) is 0 Å². The minimum Gasteiger partial charge on any atom is -0.463 e. The predicted octanol–water partition coefficient (Wildman–Crippen LogP) is 2.36. The predicted molar refractivity (Wildman–Crippen MR) is 98.8 cm³/mol. The van der Waals surface area contributed by atoms with Crippen LogP contribution in [0, 0.1) is 0 Å².